The van der Waals surface area contributed by atoms with Gasteiger partial charge in [-0.15, -0.1) is 0 Å². The van der Waals surface area contributed by atoms with Crippen LogP contribution in [-0.2, 0) is 4.74 Å². The molecular formula is C10H15N3O3. The van der Waals surface area contributed by atoms with Crippen molar-refractivity contribution in [1.82, 2.24) is 15.5 Å². The molecule has 16 heavy (non-hydrogen) atoms. The summed E-state index contributed by atoms with van der Waals surface area (Å²) in [6.45, 7) is 2.79. The summed E-state index contributed by atoms with van der Waals surface area (Å²) in [5.74, 6) is -0.230. The first kappa shape index (κ1) is 11.1. The van der Waals surface area contributed by atoms with Gasteiger partial charge in [0.05, 0.1) is 18.4 Å². The van der Waals surface area contributed by atoms with Crippen LogP contribution in [0.2, 0.25) is 0 Å². The summed E-state index contributed by atoms with van der Waals surface area (Å²) < 4.78 is 5.09. The summed E-state index contributed by atoms with van der Waals surface area (Å²) >= 11 is 0. The average molecular weight is 225 g/mol. The number of amides is 1. The number of aliphatic hydroxyl groups is 1. The molecule has 1 aromatic heterocycles. The molecule has 0 aromatic carbocycles. The molecule has 88 valence electrons. The zero-order valence-corrected chi connectivity index (χ0v) is 9.12. The number of hydrogen-bond acceptors (Lipinski definition) is 4. The standard InChI is InChI=1S/C10H15N3O3/c1-7-8(4-12-13-7)9(14)11-5-10(15)2-3-16-6-10/h4,15H,2-3,5-6H2,1H3,(H,11,14)(H,12,13). The first-order valence-corrected chi connectivity index (χ1v) is 5.19. The molecule has 1 fully saturated rings. The highest BCUT2D eigenvalue weighted by molar-refractivity contribution is 5.94. The van der Waals surface area contributed by atoms with E-state index in [1.807, 2.05) is 0 Å². The van der Waals surface area contributed by atoms with Gasteiger partial charge >= 0.3 is 0 Å². The molecule has 0 radical (unpaired) electrons. The molecule has 1 aliphatic heterocycles. The van der Waals surface area contributed by atoms with Gasteiger partial charge in [-0.05, 0) is 6.92 Å². The summed E-state index contributed by atoms with van der Waals surface area (Å²) in [6.07, 6.45) is 2.03. The van der Waals surface area contributed by atoms with Crippen LogP contribution in [0.25, 0.3) is 0 Å². The van der Waals surface area contributed by atoms with Gasteiger partial charge in [0.25, 0.3) is 5.91 Å². The molecule has 1 aromatic rings. The van der Waals surface area contributed by atoms with E-state index in [0.717, 1.165) is 0 Å². The lowest BCUT2D eigenvalue weighted by Gasteiger charge is -2.20. The van der Waals surface area contributed by atoms with Crippen molar-refractivity contribution < 1.29 is 14.6 Å². The molecular weight excluding hydrogens is 210 g/mol. The minimum Gasteiger partial charge on any atom is -0.386 e. The van der Waals surface area contributed by atoms with Gasteiger partial charge in [0.1, 0.15) is 5.60 Å². The second kappa shape index (κ2) is 4.23. The predicted octanol–water partition coefficient (Wildman–Crippen LogP) is -0.401. The van der Waals surface area contributed by atoms with Crippen molar-refractivity contribution in [2.24, 2.45) is 0 Å². The Morgan fingerprint density at radius 2 is 2.62 bits per heavy atom. The van der Waals surface area contributed by atoms with Gasteiger partial charge in [-0.1, -0.05) is 0 Å². The van der Waals surface area contributed by atoms with Crippen molar-refractivity contribution in [2.75, 3.05) is 19.8 Å². The highest BCUT2D eigenvalue weighted by atomic mass is 16.5. The number of aryl methyl sites for hydroxylation is 1. The molecule has 0 saturated carbocycles. The van der Waals surface area contributed by atoms with E-state index in [2.05, 4.69) is 15.5 Å². The zero-order valence-electron chi connectivity index (χ0n) is 9.12. The quantitative estimate of drug-likeness (QED) is 0.653. The number of aromatic nitrogens is 2. The SMILES string of the molecule is Cc1[nH]ncc1C(=O)NCC1(O)CCOC1. The molecule has 2 rings (SSSR count). The topological polar surface area (TPSA) is 87.2 Å². The molecule has 0 bridgehead atoms. The molecule has 0 aliphatic carbocycles. The van der Waals surface area contributed by atoms with Gasteiger partial charge in [0, 0.05) is 25.3 Å². The van der Waals surface area contributed by atoms with Crippen LogP contribution in [0.1, 0.15) is 22.5 Å². The molecule has 6 nitrogen and oxygen atoms in total. The maximum Gasteiger partial charge on any atom is 0.254 e. The number of hydrogen-bond donors (Lipinski definition) is 3. The number of carbonyl (C=O) groups excluding carboxylic acids is 1. The zero-order chi connectivity index (χ0) is 11.6. The Bertz CT molecular complexity index is 382. The number of ether oxygens (including phenoxy) is 1. The molecule has 1 aliphatic rings. The normalized spacial score (nSPS) is 24.6. The Morgan fingerprint density at radius 3 is 3.19 bits per heavy atom. The van der Waals surface area contributed by atoms with E-state index in [-0.39, 0.29) is 19.1 Å². The maximum atomic E-state index is 11.7. The second-order valence-corrected chi connectivity index (χ2v) is 4.12. The van der Waals surface area contributed by atoms with Crippen LogP contribution < -0.4 is 5.32 Å². The Kier molecular flexibility index (Phi) is 2.93. The van der Waals surface area contributed by atoms with Gasteiger partial charge in [-0.2, -0.15) is 5.10 Å². The third-order valence-electron chi connectivity index (χ3n) is 2.74. The van der Waals surface area contributed by atoms with Crippen LogP contribution in [0.3, 0.4) is 0 Å². The van der Waals surface area contributed by atoms with Crippen LogP contribution in [-0.4, -0.2) is 46.6 Å². The van der Waals surface area contributed by atoms with Crippen molar-refractivity contribution in [2.45, 2.75) is 18.9 Å². The van der Waals surface area contributed by atoms with E-state index >= 15 is 0 Å². The number of carbonyl (C=O) groups is 1. The van der Waals surface area contributed by atoms with Crippen LogP contribution in [0, 0.1) is 6.92 Å². The maximum absolute atomic E-state index is 11.7. The number of rotatable bonds is 3. The van der Waals surface area contributed by atoms with E-state index in [1.165, 1.54) is 6.20 Å². The van der Waals surface area contributed by atoms with Crippen molar-refractivity contribution in [1.29, 1.82) is 0 Å². The number of aromatic amines is 1. The van der Waals surface area contributed by atoms with Crippen LogP contribution >= 0.6 is 0 Å². The summed E-state index contributed by atoms with van der Waals surface area (Å²) in [5, 5.41) is 19.1. The summed E-state index contributed by atoms with van der Waals surface area (Å²) in [6, 6.07) is 0. The fourth-order valence-electron chi connectivity index (χ4n) is 1.66. The van der Waals surface area contributed by atoms with Crippen LogP contribution in [0.15, 0.2) is 6.20 Å². The lowest BCUT2D eigenvalue weighted by molar-refractivity contribution is 0.0264. The van der Waals surface area contributed by atoms with Gasteiger partial charge in [-0.25, -0.2) is 0 Å². The van der Waals surface area contributed by atoms with Gasteiger partial charge in [0.2, 0.25) is 0 Å². The highest BCUT2D eigenvalue weighted by Crippen LogP contribution is 2.17. The van der Waals surface area contributed by atoms with Gasteiger partial charge < -0.3 is 15.2 Å². The highest BCUT2D eigenvalue weighted by Gasteiger charge is 2.32. The minimum atomic E-state index is -0.923. The predicted molar refractivity (Wildman–Crippen MR) is 56.0 cm³/mol. The Hall–Kier alpha value is -1.40. The molecule has 1 unspecified atom stereocenters. The lowest BCUT2D eigenvalue weighted by atomic mass is 10.0. The smallest absolute Gasteiger partial charge is 0.254 e. The van der Waals surface area contributed by atoms with Crippen molar-refractivity contribution in [3.63, 3.8) is 0 Å². The van der Waals surface area contributed by atoms with E-state index in [1.54, 1.807) is 6.92 Å². The molecule has 1 amide bonds. The van der Waals surface area contributed by atoms with Crippen molar-refractivity contribution in [3.8, 4) is 0 Å². The summed E-state index contributed by atoms with van der Waals surface area (Å²) in [5.41, 5.74) is 0.294. The fourth-order valence-corrected chi connectivity index (χ4v) is 1.66. The number of nitrogens with one attached hydrogen (secondary N) is 2. The van der Waals surface area contributed by atoms with Gasteiger partial charge in [0.15, 0.2) is 0 Å². The van der Waals surface area contributed by atoms with Gasteiger partial charge in [-0.3, -0.25) is 9.89 Å². The Balaban J connectivity index is 1.91. The third-order valence-corrected chi connectivity index (χ3v) is 2.74. The first-order chi connectivity index (χ1) is 7.61. The van der Waals surface area contributed by atoms with E-state index in [4.69, 9.17) is 4.74 Å². The monoisotopic (exact) mass is 225 g/mol. The average Bonchev–Trinajstić information content (AvgIpc) is 2.85. The number of nitrogens with zero attached hydrogens (tertiary/aromatic N) is 1. The Labute approximate surface area is 93.0 Å². The summed E-state index contributed by atoms with van der Waals surface area (Å²) in [4.78, 5) is 11.7. The molecule has 2 heterocycles. The van der Waals surface area contributed by atoms with Crippen molar-refractivity contribution >= 4 is 5.91 Å². The first-order valence-electron chi connectivity index (χ1n) is 5.19. The molecule has 1 atom stereocenters. The number of H-pyrrole nitrogens is 1. The molecule has 0 spiro atoms. The second-order valence-electron chi connectivity index (χ2n) is 4.12. The minimum absolute atomic E-state index is 0.205. The molecule has 6 heteroatoms. The summed E-state index contributed by atoms with van der Waals surface area (Å²) in [7, 11) is 0. The van der Waals surface area contributed by atoms with Crippen LogP contribution in [0.4, 0.5) is 0 Å². The van der Waals surface area contributed by atoms with E-state index < -0.39 is 5.60 Å². The molecule has 3 N–H and O–H groups in total. The lowest BCUT2D eigenvalue weighted by Crippen LogP contribution is -2.43. The third kappa shape index (κ3) is 2.23. The van der Waals surface area contributed by atoms with E-state index in [0.29, 0.717) is 24.3 Å². The van der Waals surface area contributed by atoms with E-state index in [9.17, 15) is 9.90 Å². The van der Waals surface area contributed by atoms with Crippen LogP contribution in [0.5, 0.6) is 0 Å². The largest absolute Gasteiger partial charge is 0.386 e. The Morgan fingerprint density at radius 1 is 1.81 bits per heavy atom. The molecule has 1 saturated heterocycles. The van der Waals surface area contributed by atoms with Crippen molar-refractivity contribution in [3.05, 3.63) is 17.5 Å². The fraction of sp³-hybridized carbons (Fsp3) is 0.600.